The van der Waals surface area contributed by atoms with E-state index in [1.54, 1.807) is 0 Å². The van der Waals surface area contributed by atoms with E-state index in [9.17, 15) is 9.59 Å². The lowest BCUT2D eigenvalue weighted by Crippen LogP contribution is -2.54. The molecule has 6 rings (SSSR count). The minimum absolute atomic E-state index is 0.0121. The van der Waals surface area contributed by atoms with Crippen molar-refractivity contribution < 1.29 is 19.1 Å². The molecule has 4 aliphatic heterocycles. The van der Waals surface area contributed by atoms with Crippen molar-refractivity contribution in [2.75, 3.05) is 59.5 Å². The van der Waals surface area contributed by atoms with Gasteiger partial charge >= 0.3 is 0 Å². The zero-order valence-corrected chi connectivity index (χ0v) is 30.0. The number of likely N-dealkylation sites (tertiary alicyclic amines) is 2. The number of likely N-dealkylation sites (N-methyl/N-ethyl adjacent to an activating group) is 1. The molecule has 1 aromatic carbocycles. The Morgan fingerprint density at radius 1 is 0.872 bits per heavy atom. The highest BCUT2D eigenvalue weighted by Crippen LogP contribution is 2.40. The Labute approximate surface area is 286 Å². The molecular weight excluding hydrogens is 614 g/mol. The first-order chi connectivity index (χ1) is 22.4. The van der Waals surface area contributed by atoms with Crippen molar-refractivity contribution in [3.63, 3.8) is 0 Å². The van der Waals surface area contributed by atoms with E-state index in [2.05, 4.69) is 49.4 Å². The van der Waals surface area contributed by atoms with Gasteiger partial charge in [-0.2, -0.15) is 0 Å². The van der Waals surface area contributed by atoms with Crippen LogP contribution in [0.25, 0.3) is 0 Å². The number of benzene rings is 1. The molecule has 1 aliphatic carbocycles. The molecule has 0 radical (unpaired) electrons. The number of nitrogens with zero attached hydrogens (tertiary/aromatic N) is 5. The lowest BCUT2D eigenvalue weighted by atomic mass is 9.85. The van der Waals surface area contributed by atoms with E-state index in [0.29, 0.717) is 50.1 Å². The predicted octanol–water partition coefficient (Wildman–Crippen LogP) is 4.48. The van der Waals surface area contributed by atoms with Crippen LogP contribution in [0.1, 0.15) is 84.1 Å². The molecule has 260 valence electrons. The molecule has 0 spiro atoms. The van der Waals surface area contributed by atoms with E-state index in [4.69, 9.17) is 16.3 Å². The van der Waals surface area contributed by atoms with Gasteiger partial charge in [0.1, 0.15) is 12.1 Å². The van der Waals surface area contributed by atoms with E-state index in [0.717, 1.165) is 63.7 Å². The summed E-state index contributed by atoms with van der Waals surface area (Å²) in [6.45, 7) is 14.3. The Hall–Kier alpha value is -2.20. The molecule has 4 saturated heterocycles. The molecule has 0 N–H and O–H groups in total. The van der Waals surface area contributed by atoms with Gasteiger partial charge in [-0.25, -0.2) is 0 Å². The highest BCUT2D eigenvalue weighted by Gasteiger charge is 2.51. The number of piperazine rings is 1. The highest BCUT2D eigenvalue weighted by atomic mass is 35.5. The molecule has 5 fully saturated rings. The Morgan fingerprint density at radius 2 is 1.55 bits per heavy atom. The minimum Gasteiger partial charge on any atom is -0.368 e. The summed E-state index contributed by atoms with van der Waals surface area (Å²) in [5, 5.41) is 0.677. The second-order valence-corrected chi connectivity index (χ2v) is 16.5. The smallest absolute Gasteiger partial charge is 0.252 e. The minimum atomic E-state index is -0.576. The van der Waals surface area contributed by atoms with Crippen LogP contribution in [-0.4, -0.2) is 131 Å². The van der Waals surface area contributed by atoms with Gasteiger partial charge in [0.25, 0.3) is 5.91 Å². The maximum atomic E-state index is 15.0. The Balaban J connectivity index is 1.32. The summed E-state index contributed by atoms with van der Waals surface area (Å²) in [6, 6.07) is 7.24. The summed E-state index contributed by atoms with van der Waals surface area (Å²) in [5.41, 5.74) is 0.994. The van der Waals surface area contributed by atoms with Crippen LogP contribution in [-0.2, 0) is 19.1 Å². The molecule has 1 aromatic rings. The van der Waals surface area contributed by atoms with Crippen molar-refractivity contribution in [3.05, 3.63) is 34.9 Å². The molecule has 5 atom stereocenters. The number of ether oxygens (including phenoxy) is 1. The first kappa shape index (κ1) is 34.7. The Kier molecular flexibility index (Phi) is 10.6. The zero-order valence-electron chi connectivity index (χ0n) is 29.2. The molecule has 5 aliphatic rings. The van der Waals surface area contributed by atoms with Gasteiger partial charge in [0.2, 0.25) is 11.8 Å². The summed E-state index contributed by atoms with van der Waals surface area (Å²) in [7, 11) is 2.08. The normalized spacial score (nSPS) is 32.6. The van der Waals surface area contributed by atoms with Crippen LogP contribution in [0.2, 0.25) is 5.02 Å². The average Bonchev–Trinajstić information content (AvgIpc) is 3.83. The second kappa shape index (κ2) is 14.3. The van der Waals surface area contributed by atoms with Gasteiger partial charge in [-0.15, -0.1) is 0 Å². The first-order valence-electron chi connectivity index (χ1n) is 18.1. The molecule has 9 nitrogen and oxygen atoms in total. The topological polar surface area (TPSA) is 76.6 Å². The van der Waals surface area contributed by atoms with Crippen LogP contribution in [0.3, 0.4) is 0 Å². The van der Waals surface area contributed by atoms with Gasteiger partial charge in [0, 0.05) is 74.9 Å². The lowest BCUT2D eigenvalue weighted by molar-refractivity contribution is -0.148. The molecule has 47 heavy (non-hydrogen) atoms. The Morgan fingerprint density at radius 3 is 2.17 bits per heavy atom. The third kappa shape index (κ3) is 7.53. The average molecular weight is 670 g/mol. The van der Waals surface area contributed by atoms with Crippen molar-refractivity contribution in [3.8, 4) is 0 Å². The summed E-state index contributed by atoms with van der Waals surface area (Å²) in [6.07, 6.45) is 5.80. The molecular formula is C37H56ClN5O4. The molecule has 4 heterocycles. The van der Waals surface area contributed by atoms with Crippen LogP contribution < -0.4 is 0 Å². The van der Waals surface area contributed by atoms with Crippen LogP contribution in [0.4, 0.5) is 0 Å². The summed E-state index contributed by atoms with van der Waals surface area (Å²) in [5.74, 6) is 0.470. The summed E-state index contributed by atoms with van der Waals surface area (Å²) >= 11 is 6.28. The van der Waals surface area contributed by atoms with Crippen molar-refractivity contribution in [2.45, 2.75) is 108 Å². The van der Waals surface area contributed by atoms with Crippen LogP contribution >= 0.6 is 11.6 Å². The van der Waals surface area contributed by atoms with Gasteiger partial charge < -0.3 is 24.3 Å². The molecule has 0 bridgehead atoms. The maximum absolute atomic E-state index is 15.0. The molecule has 0 aromatic heterocycles. The molecule has 0 unspecified atom stereocenters. The van der Waals surface area contributed by atoms with Crippen molar-refractivity contribution >= 4 is 29.3 Å². The van der Waals surface area contributed by atoms with Crippen LogP contribution in [0.15, 0.2) is 24.3 Å². The van der Waals surface area contributed by atoms with Crippen LogP contribution in [0, 0.1) is 11.8 Å². The zero-order chi connectivity index (χ0) is 33.5. The highest BCUT2D eigenvalue weighted by molar-refractivity contribution is 6.30. The van der Waals surface area contributed by atoms with Crippen LogP contribution in [0.5, 0.6) is 0 Å². The number of hydrogen-bond acceptors (Lipinski definition) is 6. The third-order valence-corrected chi connectivity index (χ3v) is 12.0. The SMILES string of the molecule is CC1CCC(N(C(=O)[C@H]2CCCO2)[C@H]2C[C@H](C(=O)N3CCN(C)CC3)N(C(=O)[C@@H]3CN(C(C)(C)C)C[C@H]3c3ccc(Cl)cc3)C2)CC1. The lowest BCUT2D eigenvalue weighted by Gasteiger charge is -2.41. The summed E-state index contributed by atoms with van der Waals surface area (Å²) < 4.78 is 5.95. The number of hydrogen-bond donors (Lipinski definition) is 0. The molecule has 1 saturated carbocycles. The van der Waals surface area contributed by atoms with Gasteiger partial charge in [0.15, 0.2) is 0 Å². The fraction of sp³-hybridized carbons (Fsp3) is 0.757. The third-order valence-electron chi connectivity index (χ3n) is 11.8. The van der Waals surface area contributed by atoms with E-state index in [1.807, 2.05) is 34.1 Å². The van der Waals surface area contributed by atoms with Gasteiger partial charge in [-0.3, -0.25) is 19.3 Å². The number of halogens is 1. The fourth-order valence-corrected chi connectivity index (χ4v) is 8.84. The molecule has 3 amide bonds. The van der Waals surface area contributed by atoms with Gasteiger partial charge in [-0.1, -0.05) is 30.7 Å². The Bertz CT molecular complexity index is 1260. The van der Waals surface area contributed by atoms with Gasteiger partial charge in [-0.05, 0) is 96.4 Å². The quantitative estimate of drug-likeness (QED) is 0.445. The predicted molar refractivity (Wildman–Crippen MR) is 184 cm³/mol. The van der Waals surface area contributed by atoms with E-state index < -0.39 is 12.1 Å². The molecule has 10 heteroatoms. The number of carbonyl (C=O) groups is 3. The van der Waals surface area contributed by atoms with E-state index in [-0.39, 0.29) is 47.2 Å². The largest absolute Gasteiger partial charge is 0.368 e. The monoisotopic (exact) mass is 669 g/mol. The number of rotatable bonds is 6. The van der Waals surface area contributed by atoms with Crippen molar-refractivity contribution in [1.29, 1.82) is 0 Å². The summed E-state index contributed by atoms with van der Waals surface area (Å²) in [4.78, 5) is 54.3. The standard InChI is InChI=1S/C37H56ClN5O4/c1-25-8-14-28(15-9-25)43(36(46)33-7-6-20-47-33)29-21-32(35(45)40-18-16-39(5)17-19-40)42(22-29)34(44)31-24-41(37(2,3)4)23-30(31)26-10-12-27(38)13-11-26/h10-13,25,28-33H,6-9,14-24H2,1-5H3/t25?,28?,29-,30-,31+,32+,33+/m0/s1. The first-order valence-corrected chi connectivity index (χ1v) is 18.5. The van der Waals surface area contributed by atoms with Crippen molar-refractivity contribution in [1.82, 2.24) is 24.5 Å². The fourth-order valence-electron chi connectivity index (χ4n) is 8.71. The van der Waals surface area contributed by atoms with E-state index >= 15 is 4.79 Å². The van der Waals surface area contributed by atoms with Gasteiger partial charge in [0.05, 0.1) is 12.0 Å². The maximum Gasteiger partial charge on any atom is 0.252 e. The second-order valence-electron chi connectivity index (χ2n) is 16.0. The van der Waals surface area contributed by atoms with Crippen molar-refractivity contribution in [2.24, 2.45) is 11.8 Å². The number of carbonyl (C=O) groups excluding carboxylic acids is 3. The van der Waals surface area contributed by atoms with E-state index in [1.165, 1.54) is 0 Å². The number of amides is 3.